The minimum atomic E-state index is -0.176. The Balaban J connectivity index is 3.04. The summed E-state index contributed by atoms with van der Waals surface area (Å²) in [6.45, 7) is -0.176. The molecule has 0 radical (unpaired) electrons. The first-order chi connectivity index (χ1) is 6.38. The Hall–Kier alpha value is -1.79. The first-order valence-electron chi connectivity index (χ1n) is 3.74. The summed E-state index contributed by atoms with van der Waals surface area (Å²) in [5.41, 5.74) is 1.46. The van der Waals surface area contributed by atoms with Crippen molar-refractivity contribution < 1.29 is 10.3 Å². The maximum absolute atomic E-state index is 8.49. The van der Waals surface area contributed by atoms with Crippen LogP contribution < -0.4 is 0 Å². The smallest absolute Gasteiger partial charge is 0.104 e. The Bertz CT molecular complexity index is 361. The molecule has 0 saturated carbocycles. The molecule has 3 heteroatoms. The second-order valence-electron chi connectivity index (χ2n) is 2.29. The van der Waals surface area contributed by atoms with Crippen molar-refractivity contribution in [3.05, 3.63) is 35.4 Å². The highest BCUT2D eigenvalue weighted by atomic mass is 16.4. The Morgan fingerprint density at radius 3 is 2.85 bits per heavy atom. The lowest BCUT2D eigenvalue weighted by Crippen LogP contribution is -1.87. The number of aliphatic hydroxyl groups is 1. The van der Waals surface area contributed by atoms with Crippen molar-refractivity contribution in [1.82, 2.24) is 0 Å². The zero-order valence-corrected chi connectivity index (χ0v) is 6.94. The van der Waals surface area contributed by atoms with Crippen LogP contribution in [-0.4, -0.2) is 23.1 Å². The highest BCUT2D eigenvalue weighted by Gasteiger charge is 1.93. The number of benzene rings is 1. The van der Waals surface area contributed by atoms with Gasteiger partial charge in [0.2, 0.25) is 0 Å². The Morgan fingerprint density at radius 1 is 1.38 bits per heavy atom. The van der Waals surface area contributed by atoms with Crippen molar-refractivity contribution in [2.45, 2.75) is 0 Å². The maximum atomic E-state index is 8.49. The van der Waals surface area contributed by atoms with Gasteiger partial charge in [0.15, 0.2) is 0 Å². The lowest BCUT2D eigenvalue weighted by atomic mass is 10.1. The number of hydrogen-bond donors (Lipinski definition) is 2. The number of rotatable bonds is 1. The maximum Gasteiger partial charge on any atom is 0.104 e. The zero-order chi connectivity index (χ0) is 9.52. The molecule has 1 aromatic carbocycles. The van der Waals surface area contributed by atoms with Gasteiger partial charge in [0.1, 0.15) is 6.61 Å². The van der Waals surface area contributed by atoms with E-state index in [9.17, 15) is 0 Å². The van der Waals surface area contributed by atoms with Gasteiger partial charge in [-0.2, -0.15) is 0 Å². The van der Waals surface area contributed by atoms with Gasteiger partial charge in [0.05, 0.1) is 6.21 Å². The quantitative estimate of drug-likeness (QED) is 0.287. The molecule has 0 aliphatic rings. The highest BCUT2D eigenvalue weighted by molar-refractivity contribution is 5.82. The standard InChI is InChI=1S/C10H9NO2/c12-7-3-6-9-4-1-2-5-10(9)8-11-13/h1-2,4-5,8,12-13H,7H2. The summed E-state index contributed by atoms with van der Waals surface area (Å²) in [6.07, 6.45) is 1.31. The molecule has 1 rings (SSSR count). The molecule has 0 amide bonds. The van der Waals surface area contributed by atoms with Crippen LogP contribution in [0.4, 0.5) is 0 Å². The van der Waals surface area contributed by atoms with Gasteiger partial charge in [0.25, 0.3) is 0 Å². The van der Waals surface area contributed by atoms with Crippen molar-refractivity contribution in [2.24, 2.45) is 5.16 Å². The zero-order valence-electron chi connectivity index (χ0n) is 6.94. The number of nitrogens with zero attached hydrogens (tertiary/aromatic N) is 1. The second kappa shape index (κ2) is 4.96. The monoisotopic (exact) mass is 175 g/mol. The third kappa shape index (κ3) is 2.62. The highest BCUT2D eigenvalue weighted by Crippen LogP contribution is 2.03. The fourth-order valence-electron chi connectivity index (χ4n) is 0.920. The summed E-state index contributed by atoms with van der Waals surface area (Å²) in [5.74, 6) is 5.27. The minimum absolute atomic E-state index is 0.176. The van der Waals surface area contributed by atoms with E-state index >= 15 is 0 Å². The van der Waals surface area contributed by atoms with Gasteiger partial charge >= 0.3 is 0 Å². The van der Waals surface area contributed by atoms with Gasteiger partial charge in [-0.15, -0.1) is 0 Å². The average Bonchev–Trinajstić information content (AvgIpc) is 2.17. The summed E-state index contributed by atoms with van der Waals surface area (Å²) in [5, 5.41) is 19.8. The molecule has 0 unspecified atom stereocenters. The van der Waals surface area contributed by atoms with Crippen LogP contribution >= 0.6 is 0 Å². The van der Waals surface area contributed by atoms with Crippen LogP contribution in [0.5, 0.6) is 0 Å². The van der Waals surface area contributed by atoms with E-state index in [1.807, 2.05) is 12.1 Å². The lowest BCUT2D eigenvalue weighted by Gasteiger charge is -1.94. The molecule has 2 N–H and O–H groups in total. The van der Waals surface area contributed by atoms with E-state index in [-0.39, 0.29) is 6.61 Å². The van der Waals surface area contributed by atoms with Gasteiger partial charge in [-0.05, 0) is 6.07 Å². The molecular weight excluding hydrogens is 166 g/mol. The van der Waals surface area contributed by atoms with E-state index < -0.39 is 0 Å². The van der Waals surface area contributed by atoms with Crippen LogP contribution in [0.2, 0.25) is 0 Å². The summed E-state index contributed by atoms with van der Waals surface area (Å²) in [6, 6.07) is 7.22. The number of aliphatic hydroxyl groups excluding tert-OH is 1. The summed E-state index contributed by atoms with van der Waals surface area (Å²) < 4.78 is 0. The van der Waals surface area contributed by atoms with E-state index in [1.54, 1.807) is 12.1 Å². The average molecular weight is 175 g/mol. The molecule has 0 aromatic heterocycles. The molecule has 0 aliphatic carbocycles. The lowest BCUT2D eigenvalue weighted by molar-refractivity contribution is 0.322. The van der Waals surface area contributed by atoms with Crippen LogP contribution in [0.3, 0.4) is 0 Å². The first-order valence-corrected chi connectivity index (χ1v) is 3.74. The van der Waals surface area contributed by atoms with Gasteiger partial charge in [0, 0.05) is 11.1 Å². The minimum Gasteiger partial charge on any atom is -0.411 e. The van der Waals surface area contributed by atoms with Crippen LogP contribution in [-0.2, 0) is 0 Å². The van der Waals surface area contributed by atoms with Crippen molar-refractivity contribution >= 4 is 6.21 Å². The van der Waals surface area contributed by atoms with Crippen LogP contribution in [0.1, 0.15) is 11.1 Å². The molecule has 0 aliphatic heterocycles. The molecular formula is C10H9NO2. The van der Waals surface area contributed by atoms with E-state index in [2.05, 4.69) is 17.0 Å². The van der Waals surface area contributed by atoms with Gasteiger partial charge in [-0.25, -0.2) is 0 Å². The molecule has 1 aromatic rings. The predicted octanol–water partition coefficient (Wildman–Crippen LogP) is 0.838. The molecule has 0 saturated heterocycles. The SMILES string of the molecule is OCC#Cc1ccccc1C=NO. The van der Waals surface area contributed by atoms with Gasteiger partial charge < -0.3 is 10.3 Å². The molecule has 0 spiro atoms. The van der Waals surface area contributed by atoms with E-state index in [0.717, 1.165) is 11.1 Å². The fraction of sp³-hybridized carbons (Fsp3) is 0.100. The summed E-state index contributed by atoms with van der Waals surface area (Å²) in [7, 11) is 0. The summed E-state index contributed by atoms with van der Waals surface area (Å²) in [4.78, 5) is 0. The van der Waals surface area contributed by atoms with Crippen molar-refractivity contribution in [1.29, 1.82) is 0 Å². The molecule has 66 valence electrons. The Labute approximate surface area is 76.3 Å². The van der Waals surface area contributed by atoms with E-state index in [4.69, 9.17) is 10.3 Å². The topological polar surface area (TPSA) is 52.8 Å². The fourth-order valence-corrected chi connectivity index (χ4v) is 0.920. The van der Waals surface area contributed by atoms with Gasteiger partial charge in [-0.1, -0.05) is 35.2 Å². The van der Waals surface area contributed by atoms with E-state index in [0.29, 0.717) is 0 Å². The molecule has 3 nitrogen and oxygen atoms in total. The molecule has 0 fully saturated rings. The van der Waals surface area contributed by atoms with Crippen LogP contribution in [0, 0.1) is 11.8 Å². The predicted molar refractivity (Wildman–Crippen MR) is 49.8 cm³/mol. The normalized spacial score (nSPS) is 9.62. The molecule has 0 atom stereocenters. The van der Waals surface area contributed by atoms with Crippen molar-refractivity contribution in [3.8, 4) is 11.8 Å². The largest absolute Gasteiger partial charge is 0.411 e. The Kier molecular flexibility index (Phi) is 3.55. The molecule has 0 bridgehead atoms. The van der Waals surface area contributed by atoms with Crippen LogP contribution in [0.15, 0.2) is 29.4 Å². The number of hydrogen-bond acceptors (Lipinski definition) is 3. The third-order valence-electron chi connectivity index (χ3n) is 1.46. The Morgan fingerprint density at radius 2 is 2.15 bits per heavy atom. The molecule has 13 heavy (non-hydrogen) atoms. The van der Waals surface area contributed by atoms with Gasteiger partial charge in [-0.3, -0.25) is 0 Å². The van der Waals surface area contributed by atoms with Crippen molar-refractivity contribution in [2.75, 3.05) is 6.61 Å². The first kappa shape index (κ1) is 9.30. The third-order valence-corrected chi connectivity index (χ3v) is 1.46. The number of oxime groups is 1. The summed E-state index contributed by atoms with van der Waals surface area (Å²) >= 11 is 0. The second-order valence-corrected chi connectivity index (χ2v) is 2.29. The molecule has 0 heterocycles. The van der Waals surface area contributed by atoms with Crippen molar-refractivity contribution in [3.63, 3.8) is 0 Å². The van der Waals surface area contributed by atoms with E-state index in [1.165, 1.54) is 6.21 Å². The van der Waals surface area contributed by atoms with Crippen LogP contribution in [0.25, 0.3) is 0 Å².